The summed E-state index contributed by atoms with van der Waals surface area (Å²) in [6.07, 6.45) is 3.09. The van der Waals surface area contributed by atoms with Crippen molar-refractivity contribution in [1.29, 1.82) is 0 Å². The van der Waals surface area contributed by atoms with Crippen molar-refractivity contribution < 1.29 is 28.2 Å². The molecule has 0 saturated heterocycles. The predicted octanol–water partition coefficient (Wildman–Crippen LogP) is 5.03. The number of nitrogens with zero attached hydrogens (tertiary/aromatic N) is 1. The van der Waals surface area contributed by atoms with E-state index in [0.717, 1.165) is 27.8 Å². The van der Waals surface area contributed by atoms with E-state index in [2.05, 4.69) is 15.6 Å². The van der Waals surface area contributed by atoms with E-state index in [1.54, 1.807) is 43.5 Å². The summed E-state index contributed by atoms with van der Waals surface area (Å²) in [7, 11) is 2.95. The Morgan fingerprint density at radius 1 is 1.00 bits per heavy atom. The fourth-order valence-electron chi connectivity index (χ4n) is 4.42. The van der Waals surface area contributed by atoms with Crippen LogP contribution in [0.15, 0.2) is 60.3 Å². The number of fused-ring (bicyclic) bond motifs is 1. The number of aromatic nitrogens is 1. The maximum atomic E-state index is 14.3. The molecule has 1 aromatic heterocycles. The molecule has 0 unspecified atom stereocenters. The fourth-order valence-corrected chi connectivity index (χ4v) is 4.42. The molecular weight excluding hydrogens is 501 g/mol. The van der Waals surface area contributed by atoms with E-state index in [9.17, 15) is 14.0 Å². The van der Waals surface area contributed by atoms with Gasteiger partial charge in [-0.25, -0.2) is 9.18 Å². The summed E-state index contributed by atoms with van der Waals surface area (Å²) < 4.78 is 30.7. The van der Waals surface area contributed by atoms with Crippen LogP contribution < -0.4 is 24.8 Å². The van der Waals surface area contributed by atoms with Gasteiger partial charge in [-0.2, -0.15) is 0 Å². The van der Waals surface area contributed by atoms with Crippen molar-refractivity contribution in [3.63, 3.8) is 0 Å². The van der Waals surface area contributed by atoms with Gasteiger partial charge in [0.15, 0.2) is 11.5 Å². The van der Waals surface area contributed by atoms with Crippen LogP contribution in [0.3, 0.4) is 0 Å². The number of carbonyl (C=O) groups excluding carboxylic acids is 2. The van der Waals surface area contributed by atoms with Crippen molar-refractivity contribution in [3.8, 4) is 17.2 Å². The first kappa shape index (κ1) is 27.4. The summed E-state index contributed by atoms with van der Waals surface area (Å²) in [6, 6.07) is 13.5. The number of pyridine rings is 1. The Hall–Kier alpha value is -4.66. The average Bonchev–Trinajstić information content (AvgIpc) is 3.18. The minimum atomic E-state index is -0.625. The molecule has 0 spiro atoms. The largest absolute Gasteiger partial charge is 0.493 e. The number of allylic oxidation sites excluding steroid dienone is 2. The van der Waals surface area contributed by atoms with E-state index < -0.39 is 6.09 Å². The number of hydrogen-bond acceptors (Lipinski definition) is 6. The molecule has 3 aromatic rings. The SMILES string of the molecule is CCNC(=O)Oc1c(OC)cc(C=C2C(C)=C(CNC(=O)Cc3ccccn3)c3cc(F)ccc32)cc1OC. The van der Waals surface area contributed by atoms with Gasteiger partial charge in [-0.15, -0.1) is 0 Å². The fraction of sp³-hybridized carbons (Fsp3) is 0.233. The quantitative estimate of drug-likeness (QED) is 0.402. The van der Waals surface area contributed by atoms with Crippen molar-refractivity contribution in [2.75, 3.05) is 27.3 Å². The standard InChI is InChI=1S/C30H30FN3O5/c1-5-32-30(36)39-29-26(37-3)13-19(14-27(29)38-4)12-23-18(2)25(24-15-20(31)9-10-22(23)24)17-34-28(35)16-21-8-6-7-11-33-21/h6-15H,5,16-17H2,1-4H3,(H,32,36)(H,34,35). The lowest BCUT2D eigenvalue weighted by Gasteiger charge is -2.15. The van der Waals surface area contributed by atoms with Gasteiger partial charge < -0.3 is 24.8 Å². The highest BCUT2D eigenvalue weighted by molar-refractivity contribution is 6.06. The summed E-state index contributed by atoms with van der Waals surface area (Å²) in [6.45, 7) is 4.36. The number of nitrogens with one attached hydrogen (secondary N) is 2. The third kappa shape index (κ3) is 6.26. The highest BCUT2D eigenvalue weighted by atomic mass is 19.1. The van der Waals surface area contributed by atoms with Crippen LogP contribution in [0, 0.1) is 5.82 Å². The first-order valence-corrected chi connectivity index (χ1v) is 12.4. The number of hydrogen-bond donors (Lipinski definition) is 2. The maximum absolute atomic E-state index is 14.3. The Balaban J connectivity index is 1.67. The molecule has 1 aliphatic carbocycles. The van der Waals surface area contributed by atoms with Gasteiger partial charge in [-0.1, -0.05) is 12.1 Å². The van der Waals surface area contributed by atoms with Crippen LogP contribution in [-0.4, -0.2) is 44.3 Å². The second kappa shape index (κ2) is 12.3. The molecule has 9 heteroatoms. The molecule has 202 valence electrons. The van der Waals surface area contributed by atoms with E-state index >= 15 is 0 Å². The summed E-state index contributed by atoms with van der Waals surface area (Å²) in [4.78, 5) is 28.8. The van der Waals surface area contributed by atoms with E-state index in [1.165, 1.54) is 26.4 Å². The molecule has 0 aliphatic heterocycles. The van der Waals surface area contributed by atoms with Crippen molar-refractivity contribution >= 4 is 29.2 Å². The molecule has 0 radical (unpaired) electrons. The number of ether oxygens (including phenoxy) is 3. The van der Waals surface area contributed by atoms with Crippen LogP contribution in [0.5, 0.6) is 17.2 Å². The molecule has 39 heavy (non-hydrogen) atoms. The number of halogens is 1. The summed E-state index contributed by atoms with van der Waals surface area (Å²) in [5.41, 5.74) is 5.52. The van der Waals surface area contributed by atoms with E-state index in [0.29, 0.717) is 29.3 Å². The number of rotatable bonds is 9. The van der Waals surface area contributed by atoms with Crippen LogP contribution >= 0.6 is 0 Å². The van der Waals surface area contributed by atoms with Gasteiger partial charge in [0.25, 0.3) is 0 Å². The van der Waals surface area contributed by atoms with Gasteiger partial charge in [0, 0.05) is 25.0 Å². The normalized spacial score (nSPS) is 13.2. The van der Waals surface area contributed by atoms with Crippen LogP contribution in [0.4, 0.5) is 9.18 Å². The van der Waals surface area contributed by atoms with E-state index in [-0.39, 0.29) is 30.4 Å². The monoisotopic (exact) mass is 531 g/mol. The van der Waals surface area contributed by atoms with Gasteiger partial charge in [-0.3, -0.25) is 9.78 Å². The van der Waals surface area contributed by atoms with E-state index in [4.69, 9.17) is 14.2 Å². The minimum absolute atomic E-state index is 0.149. The van der Waals surface area contributed by atoms with Crippen LogP contribution in [-0.2, 0) is 11.2 Å². The summed E-state index contributed by atoms with van der Waals surface area (Å²) in [5, 5.41) is 5.51. The Morgan fingerprint density at radius 3 is 2.38 bits per heavy atom. The molecule has 0 atom stereocenters. The van der Waals surface area contributed by atoms with Crippen molar-refractivity contribution in [1.82, 2.24) is 15.6 Å². The molecule has 0 saturated carbocycles. The van der Waals surface area contributed by atoms with Gasteiger partial charge in [-0.05, 0) is 89.7 Å². The second-order valence-electron chi connectivity index (χ2n) is 8.80. The molecule has 4 rings (SSSR count). The molecular formula is C30H30FN3O5. The third-order valence-corrected chi connectivity index (χ3v) is 6.29. The molecule has 8 nitrogen and oxygen atoms in total. The lowest BCUT2D eigenvalue weighted by atomic mass is 10.00. The maximum Gasteiger partial charge on any atom is 0.412 e. The molecule has 2 aromatic carbocycles. The lowest BCUT2D eigenvalue weighted by Crippen LogP contribution is -2.27. The zero-order valence-electron chi connectivity index (χ0n) is 22.3. The molecule has 2 amide bonds. The highest BCUT2D eigenvalue weighted by Gasteiger charge is 2.25. The summed E-state index contributed by atoms with van der Waals surface area (Å²) >= 11 is 0. The predicted molar refractivity (Wildman–Crippen MR) is 147 cm³/mol. The van der Waals surface area contributed by atoms with Gasteiger partial charge in [0.05, 0.1) is 20.6 Å². The van der Waals surface area contributed by atoms with Crippen LogP contribution in [0.2, 0.25) is 0 Å². The second-order valence-corrected chi connectivity index (χ2v) is 8.80. The van der Waals surface area contributed by atoms with Gasteiger partial charge in [0.1, 0.15) is 5.82 Å². The van der Waals surface area contributed by atoms with Gasteiger partial charge in [0.2, 0.25) is 11.7 Å². The smallest absolute Gasteiger partial charge is 0.412 e. The minimum Gasteiger partial charge on any atom is -0.493 e. The van der Waals surface area contributed by atoms with Crippen molar-refractivity contribution in [3.05, 3.63) is 88.5 Å². The first-order valence-electron chi connectivity index (χ1n) is 12.4. The Labute approximate surface area is 226 Å². The van der Waals surface area contributed by atoms with Crippen LogP contribution in [0.25, 0.3) is 17.2 Å². The molecule has 0 fully saturated rings. The van der Waals surface area contributed by atoms with Crippen molar-refractivity contribution in [2.24, 2.45) is 0 Å². The highest BCUT2D eigenvalue weighted by Crippen LogP contribution is 2.44. The number of methoxy groups -OCH3 is 2. The number of carbonyl (C=O) groups is 2. The topological polar surface area (TPSA) is 98.8 Å². The number of benzene rings is 2. The molecule has 1 heterocycles. The third-order valence-electron chi connectivity index (χ3n) is 6.29. The summed E-state index contributed by atoms with van der Waals surface area (Å²) in [5.74, 6) is 0.240. The Bertz CT molecular complexity index is 1430. The molecule has 0 bridgehead atoms. The molecule has 1 aliphatic rings. The van der Waals surface area contributed by atoms with Gasteiger partial charge >= 0.3 is 6.09 Å². The molecule has 2 N–H and O–H groups in total. The lowest BCUT2D eigenvalue weighted by molar-refractivity contribution is -0.120. The van der Waals surface area contributed by atoms with Crippen molar-refractivity contribution in [2.45, 2.75) is 20.3 Å². The Kier molecular flexibility index (Phi) is 8.60. The van der Waals surface area contributed by atoms with E-state index in [1.807, 2.05) is 19.1 Å². The number of amides is 2. The Morgan fingerprint density at radius 2 is 1.74 bits per heavy atom. The average molecular weight is 532 g/mol. The zero-order valence-corrected chi connectivity index (χ0v) is 22.3. The first-order chi connectivity index (χ1) is 18.8. The zero-order chi connectivity index (χ0) is 27.9. The van der Waals surface area contributed by atoms with Crippen LogP contribution in [0.1, 0.15) is 36.2 Å².